The average molecular weight is 311 g/mol. The highest BCUT2D eigenvalue weighted by atomic mass is 19.1. The van der Waals surface area contributed by atoms with Gasteiger partial charge in [0, 0.05) is 5.56 Å². The molecule has 0 aliphatic rings. The zero-order valence-electron chi connectivity index (χ0n) is 12.4. The standard InChI is InChI=1S/C17H14FN3O2/c1-11-3-2-4-13(9-11)16-20-21-17(23-16)19-15(22)10-12-5-7-14(18)8-6-12/h2-9H,10H2,1H3,(H,19,21,22). The molecule has 0 bridgehead atoms. The largest absolute Gasteiger partial charge is 0.403 e. The Labute approximate surface area is 132 Å². The van der Waals surface area contributed by atoms with Crippen molar-refractivity contribution < 1.29 is 13.6 Å². The van der Waals surface area contributed by atoms with Crippen molar-refractivity contribution >= 4 is 11.9 Å². The van der Waals surface area contributed by atoms with Gasteiger partial charge in [0.1, 0.15) is 5.82 Å². The fourth-order valence-corrected chi connectivity index (χ4v) is 2.12. The molecular weight excluding hydrogens is 297 g/mol. The van der Waals surface area contributed by atoms with E-state index in [2.05, 4.69) is 15.5 Å². The summed E-state index contributed by atoms with van der Waals surface area (Å²) in [7, 11) is 0. The van der Waals surface area contributed by atoms with Gasteiger partial charge in [-0.3, -0.25) is 10.1 Å². The van der Waals surface area contributed by atoms with E-state index >= 15 is 0 Å². The van der Waals surface area contributed by atoms with Crippen molar-refractivity contribution in [3.63, 3.8) is 0 Å². The molecule has 3 rings (SSSR count). The van der Waals surface area contributed by atoms with Gasteiger partial charge in [-0.25, -0.2) is 4.39 Å². The summed E-state index contributed by atoms with van der Waals surface area (Å²) in [6, 6.07) is 13.4. The molecule has 1 heterocycles. The van der Waals surface area contributed by atoms with Crippen LogP contribution in [0.4, 0.5) is 10.4 Å². The molecule has 0 fully saturated rings. The van der Waals surface area contributed by atoms with Gasteiger partial charge in [-0.2, -0.15) is 0 Å². The monoisotopic (exact) mass is 311 g/mol. The summed E-state index contributed by atoms with van der Waals surface area (Å²) >= 11 is 0. The van der Waals surface area contributed by atoms with Crippen molar-refractivity contribution in [3.8, 4) is 11.5 Å². The lowest BCUT2D eigenvalue weighted by Crippen LogP contribution is -2.14. The summed E-state index contributed by atoms with van der Waals surface area (Å²) in [5, 5.41) is 10.3. The second-order valence-electron chi connectivity index (χ2n) is 5.13. The van der Waals surface area contributed by atoms with E-state index in [1.807, 2.05) is 31.2 Å². The van der Waals surface area contributed by atoms with Crippen LogP contribution >= 0.6 is 0 Å². The molecule has 6 heteroatoms. The van der Waals surface area contributed by atoms with Crippen molar-refractivity contribution in [2.24, 2.45) is 0 Å². The third-order valence-electron chi connectivity index (χ3n) is 3.21. The van der Waals surface area contributed by atoms with E-state index in [1.54, 1.807) is 12.1 Å². The first-order valence-corrected chi connectivity index (χ1v) is 7.05. The minimum absolute atomic E-state index is 0.0358. The van der Waals surface area contributed by atoms with Crippen LogP contribution in [-0.2, 0) is 11.2 Å². The number of hydrogen-bond acceptors (Lipinski definition) is 4. The molecule has 2 aromatic carbocycles. The number of halogens is 1. The fourth-order valence-electron chi connectivity index (χ4n) is 2.12. The van der Waals surface area contributed by atoms with E-state index in [0.717, 1.165) is 11.1 Å². The zero-order valence-corrected chi connectivity index (χ0v) is 12.4. The lowest BCUT2D eigenvalue weighted by molar-refractivity contribution is -0.115. The van der Waals surface area contributed by atoms with Crippen LogP contribution in [0.1, 0.15) is 11.1 Å². The number of nitrogens with one attached hydrogen (secondary N) is 1. The number of rotatable bonds is 4. The molecule has 0 spiro atoms. The first-order valence-electron chi connectivity index (χ1n) is 7.05. The lowest BCUT2D eigenvalue weighted by atomic mass is 10.1. The maximum atomic E-state index is 12.8. The number of anilines is 1. The van der Waals surface area contributed by atoms with Crippen LogP contribution in [0.3, 0.4) is 0 Å². The Morgan fingerprint density at radius 1 is 1.17 bits per heavy atom. The number of carbonyl (C=O) groups excluding carboxylic acids is 1. The number of amides is 1. The van der Waals surface area contributed by atoms with Gasteiger partial charge in [0.05, 0.1) is 6.42 Å². The highest BCUT2D eigenvalue weighted by molar-refractivity contribution is 5.90. The highest BCUT2D eigenvalue weighted by Crippen LogP contribution is 2.20. The van der Waals surface area contributed by atoms with E-state index in [9.17, 15) is 9.18 Å². The van der Waals surface area contributed by atoms with Gasteiger partial charge >= 0.3 is 6.01 Å². The molecule has 0 saturated heterocycles. The second kappa shape index (κ2) is 6.39. The van der Waals surface area contributed by atoms with Gasteiger partial charge < -0.3 is 4.42 Å². The Morgan fingerprint density at radius 3 is 2.70 bits per heavy atom. The summed E-state index contributed by atoms with van der Waals surface area (Å²) < 4.78 is 18.3. The van der Waals surface area contributed by atoms with E-state index in [0.29, 0.717) is 11.5 Å². The SMILES string of the molecule is Cc1cccc(-c2nnc(NC(=O)Cc3ccc(F)cc3)o2)c1. The smallest absolute Gasteiger partial charge is 0.322 e. The number of benzene rings is 2. The molecule has 5 nitrogen and oxygen atoms in total. The Balaban J connectivity index is 1.66. The molecular formula is C17H14FN3O2. The van der Waals surface area contributed by atoms with Crippen LogP contribution in [0, 0.1) is 12.7 Å². The topological polar surface area (TPSA) is 68.0 Å². The maximum absolute atomic E-state index is 12.8. The summed E-state index contributed by atoms with van der Waals surface area (Å²) in [5.74, 6) is -0.310. The minimum atomic E-state index is -0.339. The molecule has 1 N–H and O–H groups in total. The average Bonchev–Trinajstić information content (AvgIpc) is 2.98. The van der Waals surface area contributed by atoms with Crippen LogP contribution in [0.25, 0.3) is 11.5 Å². The predicted octanol–water partition coefficient (Wildman–Crippen LogP) is 3.37. The van der Waals surface area contributed by atoms with E-state index in [4.69, 9.17) is 4.42 Å². The molecule has 0 saturated carbocycles. The van der Waals surface area contributed by atoms with Crippen molar-refractivity contribution in [1.29, 1.82) is 0 Å². The predicted molar refractivity (Wildman–Crippen MR) is 83.2 cm³/mol. The van der Waals surface area contributed by atoms with Gasteiger partial charge in [0.25, 0.3) is 0 Å². The molecule has 0 aliphatic carbocycles. The minimum Gasteiger partial charge on any atom is -0.403 e. The number of hydrogen-bond donors (Lipinski definition) is 1. The Kier molecular flexibility index (Phi) is 4.14. The molecule has 0 aliphatic heterocycles. The molecule has 0 atom stereocenters. The van der Waals surface area contributed by atoms with Crippen LogP contribution < -0.4 is 5.32 Å². The Hall–Kier alpha value is -3.02. The fraction of sp³-hybridized carbons (Fsp3) is 0.118. The van der Waals surface area contributed by atoms with Crippen molar-refractivity contribution in [3.05, 3.63) is 65.5 Å². The number of carbonyl (C=O) groups is 1. The van der Waals surface area contributed by atoms with Crippen molar-refractivity contribution in [1.82, 2.24) is 10.2 Å². The third kappa shape index (κ3) is 3.79. The normalized spacial score (nSPS) is 10.5. The molecule has 1 amide bonds. The summed E-state index contributed by atoms with van der Waals surface area (Å²) in [4.78, 5) is 11.9. The molecule has 116 valence electrons. The summed E-state index contributed by atoms with van der Waals surface area (Å²) in [6.07, 6.45) is 0.0996. The Morgan fingerprint density at radius 2 is 1.96 bits per heavy atom. The van der Waals surface area contributed by atoms with Crippen molar-refractivity contribution in [2.75, 3.05) is 5.32 Å². The van der Waals surface area contributed by atoms with Crippen molar-refractivity contribution in [2.45, 2.75) is 13.3 Å². The highest BCUT2D eigenvalue weighted by Gasteiger charge is 2.12. The number of aryl methyl sites for hydroxylation is 1. The molecule has 0 unspecified atom stereocenters. The summed E-state index contributed by atoms with van der Waals surface area (Å²) in [5.41, 5.74) is 2.56. The zero-order chi connectivity index (χ0) is 16.2. The first-order chi connectivity index (χ1) is 11.1. The van der Waals surface area contributed by atoms with Gasteiger partial charge in [0.2, 0.25) is 11.8 Å². The van der Waals surface area contributed by atoms with Gasteiger partial charge in [-0.05, 0) is 36.8 Å². The van der Waals surface area contributed by atoms with Gasteiger partial charge in [-0.15, -0.1) is 5.10 Å². The molecule has 3 aromatic rings. The maximum Gasteiger partial charge on any atom is 0.322 e. The first kappa shape index (κ1) is 14.9. The van der Waals surface area contributed by atoms with Crippen LogP contribution in [0.2, 0.25) is 0 Å². The van der Waals surface area contributed by atoms with Crippen LogP contribution in [-0.4, -0.2) is 16.1 Å². The van der Waals surface area contributed by atoms with E-state index in [1.165, 1.54) is 12.1 Å². The third-order valence-corrected chi connectivity index (χ3v) is 3.21. The van der Waals surface area contributed by atoms with E-state index in [-0.39, 0.29) is 24.2 Å². The van der Waals surface area contributed by atoms with E-state index < -0.39 is 0 Å². The second-order valence-corrected chi connectivity index (χ2v) is 5.13. The van der Waals surface area contributed by atoms with Gasteiger partial charge in [0.15, 0.2) is 0 Å². The number of aromatic nitrogens is 2. The molecule has 0 radical (unpaired) electrons. The number of nitrogens with zero attached hydrogens (tertiary/aromatic N) is 2. The van der Waals surface area contributed by atoms with Crippen LogP contribution in [0.15, 0.2) is 52.9 Å². The molecule has 1 aromatic heterocycles. The lowest BCUT2D eigenvalue weighted by Gasteiger charge is -2.01. The summed E-state index contributed by atoms with van der Waals surface area (Å²) in [6.45, 7) is 1.96. The van der Waals surface area contributed by atoms with Crippen LogP contribution in [0.5, 0.6) is 0 Å². The molecule has 23 heavy (non-hydrogen) atoms. The Bertz CT molecular complexity index is 828. The van der Waals surface area contributed by atoms with Gasteiger partial charge in [-0.1, -0.05) is 34.9 Å². The quantitative estimate of drug-likeness (QED) is 0.802.